The van der Waals surface area contributed by atoms with E-state index in [0.717, 1.165) is 16.1 Å². The molecule has 0 radical (unpaired) electrons. The molecule has 140 valence electrons. The maximum absolute atomic E-state index is 11.9. The van der Waals surface area contributed by atoms with Crippen molar-refractivity contribution in [2.45, 2.75) is 13.5 Å². The van der Waals surface area contributed by atoms with Crippen LogP contribution in [0.15, 0.2) is 42.7 Å². The Morgan fingerprint density at radius 2 is 2.19 bits per heavy atom. The van der Waals surface area contributed by atoms with E-state index in [1.54, 1.807) is 23.1 Å². The van der Waals surface area contributed by atoms with E-state index in [0.29, 0.717) is 27.2 Å². The maximum Gasteiger partial charge on any atom is 0.340 e. The Balaban J connectivity index is 1.68. The molecule has 0 saturated carbocycles. The number of hydrogen-bond donors (Lipinski definition) is 2. The van der Waals surface area contributed by atoms with Crippen LogP contribution >= 0.6 is 35.2 Å². The second kappa shape index (κ2) is 8.51. The summed E-state index contributed by atoms with van der Waals surface area (Å²) in [4.78, 5) is 12.9. The third-order valence-electron chi connectivity index (χ3n) is 3.62. The summed E-state index contributed by atoms with van der Waals surface area (Å²) in [6, 6.07) is 9.59. The van der Waals surface area contributed by atoms with Gasteiger partial charge in [-0.3, -0.25) is 4.68 Å². The summed E-state index contributed by atoms with van der Waals surface area (Å²) in [7, 11) is 1.36. The first-order chi connectivity index (χ1) is 12.9. The largest absolute Gasteiger partial charge is 0.465 e. The SMILES string of the molecule is COC(=O)c1cc(C)sc1NC(=S)Nc1cccc(Cn2cc(Cl)cn2)c1. The molecule has 0 saturated heterocycles. The fourth-order valence-electron chi connectivity index (χ4n) is 2.49. The number of ether oxygens (including phenoxy) is 1. The minimum atomic E-state index is -0.399. The molecular formula is C18H17ClN4O2S2. The molecule has 3 aromatic rings. The third-order valence-corrected chi connectivity index (χ3v) is 4.98. The number of thiocarbonyl (C=S) groups is 1. The minimum absolute atomic E-state index is 0.390. The van der Waals surface area contributed by atoms with Crippen LogP contribution in [0.25, 0.3) is 0 Å². The van der Waals surface area contributed by atoms with Crippen molar-refractivity contribution in [2.75, 3.05) is 17.7 Å². The number of carbonyl (C=O) groups excluding carboxylic acids is 1. The second-order valence-corrected chi connectivity index (χ2v) is 7.83. The van der Waals surface area contributed by atoms with Gasteiger partial charge in [0.25, 0.3) is 0 Å². The number of methoxy groups -OCH3 is 1. The van der Waals surface area contributed by atoms with Gasteiger partial charge in [-0.15, -0.1) is 11.3 Å². The quantitative estimate of drug-likeness (QED) is 0.466. The van der Waals surface area contributed by atoms with Crippen LogP contribution in [0.4, 0.5) is 10.7 Å². The van der Waals surface area contributed by atoms with Crippen LogP contribution in [0.5, 0.6) is 0 Å². The smallest absolute Gasteiger partial charge is 0.340 e. The van der Waals surface area contributed by atoms with E-state index in [9.17, 15) is 4.79 Å². The fraction of sp³-hybridized carbons (Fsp3) is 0.167. The number of nitrogens with zero attached hydrogens (tertiary/aromatic N) is 2. The lowest BCUT2D eigenvalue weighted by Crippen LogP contribution is -2.20. The molecule has 2 heterocycles. The zero-order valence-corrected chi connectivity index (χ0v) is 17.0. The molecule has 0 atom stereocenters. The lowest BCUT2D eigenvalue weighted by Gasteiger charge is -2.11. The van der Waals surface area contributed by atoms with Crippen molar-refractivity contribution in [3.63, 3.8) is 0 Å². The number of esters is 1. The monoisotopic (exact) mass is 420 g/mol. The van der Waals surface area contributed by atoms with E-state index in [4.69, 9.17) is 28.6 Å². The van der Waals surface area contributed by atoms with Crippen molar-refractivity contribution in [1.82, 2.24) is 9.78 Å². The van der Waals surface area contributed by atoms with Gasteiger partial charge in [0.1, 0.15) is 5.00 Å². The molecule has 27 heavy (non-hydrogen) atoms. The van der Waals surface area contributed by atoms with Crippen LogP contribution in [0, 0.1) is 6.92 Å². The first-order valence-corrected chi connectivity index (χ1v) is 9.58. The topological polar surface area (TPSA) is 68.2 Å². The Labute approximate surface area is 171 Å². The van der Waals surface area contributed by atoms with E-state index in [-0.39, 0.29) is 0 Å². The average Bonchev–Trinajstić information content (AvgIpc) is 3.19. The van der Waals surface area contributed by atoms with Gasteiger partial charge in [0.2, 0.25) is 0 Å². The summed E-state index contributed by atoms with van der Waals surface area (Å²) in [6.45, 7) is 2.52. The van der Waals surface area contributed by atoms with Gasteiger partial charge in [0, 0.05) is 16.8 Å². The van der Waals surface area contributed by atoms with E-state index in [1.165, 1.54) is 18.4 Å². The van der Waals surface area contributed by atoms with Gasteiger partial charge in [0.05, 0.1) is 30.4 Å². The molecule has 0 unspecified atom stereocenters. The van der Waals surface area contributed by atoms with Crippen LogP contribution in [0.2, 0.25) is 5.02 Å². The number of carbonyl (C=O) groups is 1. The molecule has 9 heteroatoms. The molecule has 0 bridgehead atoms. The first kappa shape index (κ1) is 19.3. The number of nitrogens with one attached hydrogen (secondary N) is 2. The summed E-state index contributed by atoms with van der Waals surface area (Å²) in [5, 5.41) is 12.0. The average molecular weight is 421 g/mol. The predicted molar refractivity (Wildman–Crippen MR) is 113 cm³/mol. The highest BCUT2D eigenvalue weighted by atomic mass is 35.5. The Morgan fingerprint density at radius 3 is 2.89 bits per heavy atom. The molecule has 0 spiro atoms. The van der Waals surface area contributed by atoms with Crippen molar-refractivity contribution in [1.29, 1.82) is 0 Å². The molecule has 0 aliphatic carbocycles. The van der Waals surface area contributed by atoms with Gasteiger partial charge >= 0.3 is 5.97 Å². The van der Waals surface area contributed by atoms with E-state index in [1.807, 2.05) is 31.2 Å². The summed E-state index contributed by atoms with van der Waals surface area (Å²) < 4.78 is 6.57. The lowest BCUT2D eigenvalue weighted by atomic mass is 10.2. The zero-order chi connectivity index (χ0) is 19.4. The van der Waals surface area contributed by atoms with Crippen LogP contribution < -0.4 is 10.6 Å². The normalized spacial score (nSPS) is 10.5. The number of halogens is 1. The molecule has 0 amide bonds. The minimum Gasteiger partial charge on any atom is -0.465 e. The molecule has 0 fully saturated rings. The summed E-state index contributed by atoms with van der Waals surface area (Å²) in [5.41, 5.74) is 2.34. The van der Waals surface area contributed by atoms with Crippen molar-refractivity contribution in [3.05, 3.63) is 63.8 Å². The molecule has 1 aromatic carbocycles. The number of benzene rings is 1. The van der Waals surface area contributed by atoms with Crippen molar-refractivity contribution in [3.8, 4) is 0 Å². The number of thiophene rings is 1. The van der Waals surface area contributed by atoms with Gasteiger partial charge < -0.3 is 15.4 Å². The van der Waals surface area contributed by atoms with Crippen LogP contribution in [0.3, 0.4) is 0 Å². The van der Waals surface area contributed by atoms with Gasteiger partial charge in [-0.1, -0.05) is 23.7 Å². The maximum atomic E-state index is 11.9. The highest BCUT2D eigenvalue weighted by Crippen LogP contribution is 2.28. The Hall–Kier alpha value is -2.42. The number of aryl methyl sites for hydroxylation is 1. The molecular weight excluding hydrogens is 404 g/mol. The Kier molecular flexibility index (Phi) is 6.10. The number of rotatable bonds is 5. The summed E-state index contributed by atoms with van der Waals surface area (Å²) in [5.74, 6) is -0.399. The zero-order valence-electron chi connectivity index (χ0n) is 14.7. The number of anilines is 2. The molecule has 6 nitrogen and oxygen atoms in total. The summed E-state index contributed by atoms with van der Waals surface area (Å²) in [6.07, 6.45) is 3.37. The van der Waals surface area contributed by atoms with Crippen LogP contribution in [0.1, 0.15) is 20.8 Å². The number of hydrogen-bond acceptors (Lipinski definition) is 5. The van der Waals surface area contributed by atoms with Crippen LogP contribution in [-0.2, 0) is 11.3 Å². The van der Waals surface area contributed by atoms with Crippen molar-refractivity contribution < 1.29 is 9.53 Å². The summed E-state index contributed by atoms with van der Waals surface area (Å²) >= 11 is 12.7. The fourth-order valence-corrected chi connectivity index (χ4v) is 3.84. The van der Waals surface area contributed by atoms with E-state index < -0.39 is 5.97 Å². The standard InChI is InChI=1S/C18H17ClN4O2S2/c1-11-6-15(17(24)25-2)16(27-11)22-18(26)21-14-5-3-4-12(7-14)9-23-10-13(19)8-20-23/h3-8,10H,9H2,1-2H3,(H2,21,22,26). The highest BCUT2D eigenvalue weighted by molar-refractivity contribution is 7.80. The van der Waals surface area contributed by atoms with Crippen LogP contribution in [-0.4, -0.2) is 28.0 Å². The van der Waals surface area contributed by atoms with Gasteiger partial charge in [-0.25, -0.2) is 4.79 Å². The highest BCUT2D eigenvalue weighted by Gasteiger charge is 2.16. The van der Waals surface area contributed by atoms with Gasteiger partial charge in [-0.05, 0) is 42.9 Å². The van der Waals surface area contributed by atoms with E-state index in [2.05, 4.69) is 15.7 Å². The second-order valence-electron chi connectivity index (χ2n) is 5.73. The Morgan fingerprint density at radius 1 is 1.37 bits per heavy atom. The lowest BCUT2D eigenvalue weighted by molar-refractivity contribution is 0.0602. The van der Waals surface area contributed by atoms with Gasteiger partial charge in [0.15, 0.2) is 5.11 Å². The van der Waals surface area contributed by atoms with Crippen molar-refractivity contribution >= 4 is 56.9 Å². The number of aromatic nitrogens is 2. The Bertz CT molecular complexity index is 983. The molecule has 3 rings (SSSR count). The molecule has 0 aliphatic rings. The van der Waals surface area contributed by atoms with Crippen molar-refractivity contribution in [2.24, 2.45) is 0 Å². The predicted octanol–water partition coefficient (Wildman–Crippen LogP) is 4.55. The van der Waals surface area contributed by atoms with Gasteiger partial charge in [-0.2, -0.15) is 5.10 Å². The van der Waals surface area contributed by atoms with E-state index >= 15 is 0 Å². The first-order valence-electron chi connectivity index (χ1n) is 7.98. The molecule has 2 aromatic heterocycles. The molecule has 2 N–H and O–H groups in total. The molecule has 0 aliphatic heterocycles. The third kappa shape index (κ3) is 5.06.